The summed E-state index contributed by atoms with van der Waals surface area (Å²) in [7, 11) is 0. The minimum atomic E-state index is -1.01. The third kappa shape index (κ3) is 5.41. The highest BCUT2D eigenvalue weighted by Gasteiger charge is 2.45. The van der Waals surface area contributed by atoms with Crippen LogP contribution in [0.1, 0.15) is 27.9 Å². The van der Waals surface area contributed by atoms with Crippen LogP contribution in [0.15, 0.2) is 77.3 Å². The lowest BCUT2D eigenvalue weighted by Gasteiger charge is -2.24. The van der Waals surface area contributed by atoms with Crippen LogP contribution in [0.3, 0.4) is 0 Å². The number of carbonyl (C=O) groups is 3. The summed E-state index contributed by atoms with van der Waals surface area (Å²) in [5.41, 5.74) is 6.34. The van der Waals surface area contributed by atoms with Gasteiger partial charge in [-0.3, -0.25) is 24.7 Å². The molecule has 0 bridgehead atoms. The number of hydrogen-bond donors (Lipinski definition) is 2. The van der Waals surface area contributed by atoms with Gasteiger partial charge < -0.3 is 5.32 Å². The SMILES string of the molecule is Cc1ccc(NC(=O)CC2C(=O)N(c3ccccc3)C(=S)N2NC(=O)c2ccc(Br)cc2)c(C)c1. The maximum atomic E-state index is 13.4. The van der Waals surface area contributed by atoms with Gasteiger partial charge in [-0.15, -0.1) is 0 Å². The van der Waals surface area contributed by atoms with Gasteiger partial charge in [0.15, 0.2) is 0 Å². The largest absolute Gasteiger partial charge is 0.326 e. The predicted molar refractivity (Wildman–Crippen MR) is 143 cm³/mol. The van der Waals surface area contributed by atoms with E-state index < -0.39 is 17.9 Å². The molecule has 1 aliphatic heterocycles. The second kappa shape index (κ2) is 10.4. The maximum absolute atomic E-state index is 13.4. The zero-order valence-electron chi connectivity index (χ0n) is 19.1. The molecule has 0 aliphatic carbocycles. The fraction of sp³-hybridized carbons (Fsp3) is 0.154. The molecular formula is C26H23BrN4O3S. The predicted octanol–water partition coefficient (Wildman–Crippen LogP) is 4.74. The first kappa shape index (κ1) is 24.6. The Hall–Kier alpha value is -3.56. The molecule has 1 saturated heterocycles. The van der Waals surface area contributed by atoms with Crippen LogP contribution in [0.5, 0.6) is 0 Å². The molecule has 0 spiro atoms. The summed E-state index contributed by atoms with van der Waals surface area (Å²) in [4.78, 5) is 40.7. The minimum absolute atomic E-state index is 0.0935. The zero-order chi connectivity index (χ0) is 25.1. The van der Waals surface area contributed by atoms with Crippen LogP contribution in [-0.4, -0.2) is 33.9 Å². The van der Waals surface area contributed by atoms with Crippen molar-refractivity contribution in [1.82, 2.24) is 10.4 Å². The molecule has 3 aromatic rings. The number of nitrogens with one attached hydrogen (secondary N) is 2. The summed E-state index contributed by atoms with van der Waals surface area (Å²) >= 11 is 8.93. The van der Waals surface area contributed by atoms with Crippen molar-refractivity contribution in [3.05, 3.63) is 94.0 Å². The molecule has 3 aromatic carbocycles. The van der Waals surface area contributed by atoms with Crippen molar-refractivity contribution in [2.24, 2.45) is 0 Å². The van der Waals surface area contributed by atoms with E-state index in [-0.39, 0.29) is 17.4 Å². The molecule has 0 aromatic heterocycles. The topological polar surface area (TPSA) is 81.8 Å². The Morgan fingerprint density at radius 2 is 1.69 bits per heavy atom. The second-order valence-electron chi connectivity index (χ2n) is 8.20. The lowest BCUT2D eigenvalue weighted by atomic mass is 10.1. The fourth-order valence-corrected chi connectivity index (χ4v) is 4.45. The standard InChI is InChI=1S/C26H23BrN4O3S/c1-16-8-13-21(17(2)14-16)28-23(32)15-22-25(34)30(20-6-4-3-5-7-20)26(35)31(22)29-24(33)18-9-11-19(27)12-10-18/h3-14,22H,15H2,1-2H3,(H,28,32)(H,29,33). The van der Waals surface area contributed by atoms with Gasteiger partial charge in [0.25, 0.3) is 11.8 Å². The molecule has 0 saturated carbocycles. The number of aryl methyl sites for hydroxylation is 2. The number of hydrazine groups is 1. The molecule has 1 aliphatic rings. The molecule has 35 heavy (non-hydrogen) atoms. The lowest BCUT2D eigenvalue weighted by molar-refractivity contribution is -0.124. The molecule has 1 unspecified atom stereocenters. The molecule has 1 atom stereocenters. The van der Waals surface area contributed by atoms with Crippen molar-refractivity contribution in [2.75, 3.05) is 10.2 Å². The van der Waals surface area contributed by atoms with Crippen LogP contribution in [0.2, 0.25) is 0 Å². The third-order valence-electron chi connectivity index (χ3n) is 5.59. The van der Waals surface area contributed by atoms with Gasteiger partial charge in [-0.05, 0) is 74.1 Å². The quantitative estimate of drug-likeness (QED) is 0.433. The van der Waals surface area contributed by atoms with Crippen molar-refractivity contribution < 1.29 is 14.4 Å². The van der Waals surface area contributed by atoms with Crippen LogP contribution in [0, 0.1) is 13.8 Å². The molecule has 178 valence electrons. The Balaban J connectivity index is 1.59. The average molecular weight is 551 g/mol. The zero-order valence-corrected chi connectivity index (χ0v) is 21.5. The summed E-state index contributed by atoms with van der Waals surface area (Å²) in [5, 5.41) is 4.26. The van der Waals surface area contributed by atoms with Crippen LogP contribution in [0.4, 0.5) is 11.4 Å². The first-order valence-corrected chi connectivity index (χ1v) is 12.1. The number of benzene rings is 3. The number of thiocarbonyl (C=S) groups is 1. The van der Waals surface area contributed by atoms with E-state index in [0.717, 1.165) is 15.6 Å². The van der Waals surface area contributed by atoms with E-state index in [1.807, 2.05) is 38.1 Å². The van der Waals surface area contributed by atoms with Gasteiger partial charge in [0.1, 0.15) is 6.04 Å². The van der Waals surface area contributed by atoms with Crippen LogP contribution in [0.25, 0.3) is 0 Å². The lowest BCUT2D eigenvalue weighted by Crippen LogP contribution is -2.49. The normalized spacial score (nSPS) is 15.3. The van der Waals surface area contributed by atoms with Crippen molar-refractivity contribution >= 4 is 62.4 Å². The number of amides is 3. The molecule has 1 fully saturated rings. The molecule has 0 radical (unpaired) electrons. The molecular weight excluding hydrogens is 528 g/mol. The summed E-state index contributed by atoms with van der Waals surface area (Å²) in [6.45, 7) is 3.88. The first-order chi connectivity index (χ1) is 16.7. The van der Waals surface area contributed by atoms with Gasteiger partial charge in [-0.1, -0.05) is 51.8 Å². The number of hydrogen-bond acceptors (Lipinski definition) is 4. The Kier molecular flexibility index (Phi) is 7.28. The molecule has 9 heteroatoms. The summed E-state index contributed by atoms with van der Waals surface area (Å²) in [5.74, 6) is -1.20. The van der Waals surface area contributed by atoms with E-state index in [1.165, 1.54) is 9.91 Å². The van der Waals surface area contributed by atoms with Gasteiger partial charge in [-0.25, -0.2) is 5.01 Å². The van der Waals surface area contributed by atoms with Crippen molar-refractivity contribution in [2.45, 2.75) is 26.3 Å². The molecule has 1 heterocycles. The van der Waals surface area contributed by atoms with Gasteiger partial charge in [0.05, 0.1) is 12.1 Å². The molecule has 3 amide bonds. The molecule has 2 N–H and O–H groups in total. The Bertz CT molecular complexity index is 1300. The second-order valence-corrected chi connectivity index (χ2v) is 9.48. The van der Waals surface area contributed by atoms with Crippen molar-refractivity contribution in [3.8, 4) is 0 Å². The van der Waals surface area contributed by atoms with Crippen LogP contribution >= 0.6 is 28.1 Å². The Morgan fingerprint density at radius 1 is 1.00 bits per heavy atom. The summed E-state index contributed by atoms with van der Waals surface area (Å²) < 4.78 is 0.831. The molecule has 7 nitrogen and oxygen atoms in total. The fourth-order valence-electron chi connectivity index (χ4n) is 3.82. The summed E-state index contributed by atoms with van der Waals surface area (Å²) in [6, 6.07) is 20.4. The first-order valence-electron chi connectivity index (χ1n) is 10.9. The maximum Gasteiger partial charge on any atom is 0.269 e. The van der Waals surface area contributed by atoms with E-state index in [0.29, 0.717) is 16.9 Å². The van der Waals surface area contributed by atoms with E-state index in [2.05, 4.69) is 26.7 Å². The van der Waals surface area contributed by atoms with E-state index in [1.54, 1.807) is 48.5 Å². The van der Waals surface area contributed by atoms with E-state index in [9.17, 15) is 14.4 Å². The minimum Gasteiger partial charge on any atom is -0.326 e. The Labute approximate surface area is 217 Å². The van der Waals surface area contributed by atoms with Gasteiger partial charge in [-0.2, -0.15) is 0 Å². The number of para-hydroxylation sites is 1. The number of rotatable bonds is 6. The number of anilines is 2. The summed E-state index contributed by atoms with van der Waals surface area (Å²) in [6.07, 6.45) is -0.198. The number of nitrogens with zero attached hydrogens (tertiary/aromatic N) is 2. The monoisotopic (exact) mass is 550 g/mol. The van der Waals surface area contributed by atoms with Crippen molar-refractivity contribution in [3.63, 3.8) is 0 Å². The van der Waals surface area contributed by atoms with E-state index in [4.69, 9.17) is 12.2 Å². The smallest absolute Gasteiger partial charge is 0.269 e. The van der Waals surface area contributed by atoms with Crippen LogP contribution < -0.4 is 15.6 Å². The van der Waals surface area contributed by atoms with Crippen molar-refractivity contribution in [1.29, 1.82) is 0 Å². The van der Waals surface area contributed by atoms with E-state index >= 15 is 0 Å². The highest BCUT2D eigenvalue weighted by Crippen LogP contribution is 2.27. The number of halogens is 1. The van der Waals surface area contributed by atoms with Gasteiger partial charge in [0.2, 0.25) is 11.0 Å². The number of carbonyl (C=O) groups excluding carboxylic acids is 3. The van der Waals surface area contributed by atoms with Crippen LogP contribution in [-0.2, 0) is 9.59 Å². The van der Waals surface area contributed by atoms with Gasteiger partial charge >= 0.3 is 0 Å². The third-order valence-corrected chi connectivity index (χ3v) is 6.50. The highest BCUT2D eigenvalue weighted by molar-refractivity contribution is 9.10. The molecule has 4 rings (SSSR count). The van der Waals surface area contributed by atoms with Gasteiger partial charge in [0, 0.05) is 15.7 Å². The average Bonchev–Trinajstić information content (AvgIpc) is 3.05. The highest BCUT2D eigenvalue weighted by atomic mass is 79.9. The Morgan fingerprint density at radius 3 is 2.34 bits per heavy atom.